The average Bonchev–Trinajstić information content (AvgIpc) is 3.23. The topological polar surface area (TPSA) is 78.3 Å². The van der Waals surface area contributed by atoms with Gasteiger partial charge in [-0.1, -0.05) is 54.7 Å². The van der Waals surface area contributed by atoms with Crippen LogP contribution in [-0.2, 0) is 15.3 Å². The van der Waals surface area contributed by atoms with Gasteiger partial charge in [0.05, 0.1) is 12.2 Å². The van der Waals surface area contributed by atoms with E-state index in [1.54, 1.807) is 29.8 Å². The Morgan fingerprint density at radius 3 is 2.88 bits per heavy atom. The minimum Gasteiger partial charge on any atom is -0.494 e. The van der Waals surface area contributed by atoms with Gasteiger partial charge in [0.2, 0.25) is 11.1 Å². The molecule has 0 fully saturated rings. The Kier molecular flexibility index (Phi) is 7.32. The summed E-state index contributed by atoms with van der Waals surface area (Å²) < 4.78 is 26.8. The number of anilines is 1. The van der Waals surface area contributed by atoms with Crippen molar-refractivity contribution in [2.45, 2.75) is 30.8 Å². The normalized spacial score (nSPS) is 14.9. The number of halogens is 1. The maximum atomic E-state index is 14.0. The summed E-state index contributed by atoms with van der Waals surface area (Å²) in [7, 11) is 0. The quantitative estimate of drug-likeness (QED) is 0.259. The van der Waals surface area contributed by atoms with E-state index < -0.39 is 12.0 Å². The van der Waals surface area contributed by atoms with Crippen LogP contribution in [0.15, 0.2) is 77.6 Å². The number of benzene rings is 2. The molecule has 0 saturated carbocycles. The molecule has 0 aliphatic carbocycles. The van der Waals surface area contributed by atoms with Gasteiger partial charge in [-0.3, -0.25) is 0 Å². The first-order chi connectivity index (χ1) is 16.5. The molecular formula is C25H25FN4O3S. The highest BCUT2D eigenvalue weighted by Crippen LogP contribution is 2.38. The Labute approximate surface area is 201 Å². The highest BCUT2D eigenvalue weighted by Gasteiger charge is 2.35. The second-order valence-electron chi connectivity index (χ2n) is 7.50. The number of nitrogens with zero attached hydrogens (tertiary/aromatic N) is 3. The van der Waals surface area contributed by atoms with Crippen molar-refractivity contribution < 1.29 is 18.7 Å². The van der Waals surface area contributed by atoms with E-state index in [1.807, 2.05) is 31.2 Å². The predicted molar refractivity (Wildman–Crippen MR) is 129 cm³/mol. The van der Waals surface area contributed by atoms with Crippen molar-refractivity contribution in [1.82, 2.24) is 14.8 Å². The molecule has 1 aliphatic rings. The van der Waals surface area contributed by atoms with Crippen LogP contribution in [0.5, 0.6) is 5.75 Å². The Hall–Kier alpha value is -3.59. The molecule has 2 aromatic carbocycles. The van der Waals surface area contributed by atoms with Crippen LogP contribution < -0.4 is 10.1 Å². The third kappa shape index (κ3) is 4.99. The van der Waals surface area contributed by atoms with Crippen LogP contribution in [0.4, 0.5) is 10.3 Å². The number of carbonyl (C=O) groups is 1. The number of rotatable bonds is 9. The monoisotopic (exact) mass is 480 g/mol. The molecule has 7 nitrogen and oxygen atoms in total. The zero-order valence-corrected chi connectivity index (χ0v) is 19.8. The number of esters is 1. The third-order valence-corrected chi connectivity index (χ3v) is 6.07. The van der Waals surface area contributed by atoms with Crippen molar-refractivity contribution in [3.63, 3.8) is 0 Å². The highest BCUT2D eigenvalue weighted by molar-refractivity contribution is 7.98. The Balaban J connectivity index is 1.71. The molecule has 0 saturated heterocycles. The van der Waals surface area contributed by atoms with E-state index in [2.05, 4.69) is 22.0 Å². The van der Waals surface area contributed by atoms with Crippen LogP contribution in [0.3, 0.4) is 0 Å². The summed E-state index contributed by atoms with van der Waals surface area (Å²) in [4.78, 5) is 17.6. The van der Waals surface area contributed by atoms with E-state index in [0.717, 1.165) is 5.56 Å². The molecule has 0 spiro atoms. The number of carbonyl (C=O) groups excluding carboxylic acids is 1. The summed E-state index contributed by atoms with van der Waals surface area (Å²) in [6, 6.07) is 13.6. The largest absolute Gasteiger partial charge is 0.494 e. The summed E-state index contributed by atoms with van der Waals surface area (Å²) in [5.74, 6) is 0.804. The van der Waals surface area contributed by atoms with Crippen LogP contribution in [0.2, 0.25) is 0 Å². The first kappa shape index (κ1) is 23.6. The summed E-state index contributed by atoms with van der Waals surface area (Å²) in [6.45, 7) is 7.94. The van der Waals surface area contributed by atoms with E-state index in [1.165, 1.54) is 23.9 Å². The van der Waals surface area contributed by atoms with Crippen molar-refractivity contribution in [3.8, 4) is 5.75 Å². The van der Waals surface area contributed by atoms with E-state index in [9.17, 15) is 9.18 Å². The van der Waals surface area contributed by atoms with Gasteiger partial charge in [-0.05, 0) is 43.2 Å². The minimum atomic E-state index is -0.579. The van der Waals surface area contributed by atoms with E-state index in [0.29, 0.717) is 46.0 Å². The molecule has 1 aliphatic heterocycles. The SMILES string of the molecule is C=CCOC(=O)C1=C(C)Nc2nc(SCc3ccccc3F)nn2C1c1cccc(OCC)c1. The van der Waals surface area contributed by atoms with Gasteiger partial charge in [-0.25, -0.2) is 13.9 Å². The van der Waals surface area contributed by atoms with E-state index >= 15 is 0 Å². The van der Waals surface area contributed by atoms with Gasteiger partial charge in [0.15, 0.2) is 0 Å². The molecule has 34 heavy (non-hydrogen) atoms. The number of thioether (sulfide) groups is 1. The first-order valence-electron chi connectivity index (χ1n) is 10.8. The maximum absolute atomic E-state index is 14.0. The summed E-state index contributed by atoms with van der Waals surface area (Å²) >= 11 is 1.32. The lowest BCUT2D eigenvalue weighted by atomic mass is 9.95. The molecule has 1 aromatic heterocycles. The minimum absolute atomic E-state index is 0.0925. The van der Waals surface area contributed by atoms with Gasteiger partial charge in [0.1, 0.15) is 24.2 Å². The zero-order chi connectivity index (χ0) is 24.1. The smallest absolute Gasteiger partial charge is 0.338 e. The molecule has 176 valence electrons. The molecule has 0 amide bonds. The Bertz CT molecular complexity index is 1240. The van der Waals surface area contributed by atoms with Gasteiger partial charge in [-0.15, -0.1) is 5.10 Å². The lowest BCUT2D eigenvalue weighted by Gasteiger charge is -2.28. The van der Waals surface area contributed by atoms with Gasteiger partial charge < -0.3 is 14.8 Å². The number of hydrogen-bond acceptors (Lipinski definition) is 7. The first-order valence-corrected chi connectivity index (χ1v) is 11.8. The number of fused-ring (bicyclic) bond motifs is 1. The van der Waals surface area contributed by atoms with E-state index in [-0.39, 0.29) is 12.4 Å². The van der Waals surface area contributed by atoms with Crippen molar-refractivity contribution >= 4 is 23.7 Å². The molecule has 0 bridgehead atoms. The fourth-order valence-electron chi connectivity index (χ4n) is 3.68. The predicted octanol–water partition coefficient (Wildman–Crippen LogP) is 5.13. The number of ether oxygens (including phenoxy) is 2. The van der Waals surface area contributed by atoms with Crippen LogP contribution >= 0.6 is 11.8 Å². The van der Waals surface area contributed by atoms with Crippen LogP contribution in [0, 0.1) is 5.82 Å². The standard InChI is InChI=1S/C25H25FN4O3S/c1-4-13-33-23(31)21-16(3)27-24-28-25(34-15-18-9-6-7-12-20(18)26)29-30(24)22(21)17-10-8-11-19(14-17)32-5-2/h4,6-12,14,22H,1,5,13,15H2,2-3H3,(H,27,28,29). The molecule has 2 heterocycles. The molecule has 1 unspecified atom stereocenters. The fraction of sp³-hybridized carbons (Fsp3) is 0.240. The molecule has 1 N–H and O–H groups in total. The summed E-state index contributed by atoms with van der Waals surface area (Å²) in [6.07, 6.45) is 1.52. The second kappa shape index (κ2) is 10.6. The van der Waals surface area contributed by atoms with Crippen molar-refractivity contribution in [3.05, 3.63) is 89.4 Å². The van der Waals surface area contributed by atoms with E-state index in [4.69, 9.17) is 9.47 Å². The summed E-state index contributed by atoms with van der Waals surface area (Å²) in [5.41, 5.74) is 2.40. The number of hydrogen-bond donors (Lipinski definition) is 1. The summed E-state index contributed by atoms with van der Waals surface area (Å²) in [5, 5.41) is 8.28. The molecule has 9 heteroatoms. The lowest BCUT2D eigenvalue weighted by Crippen LogP contribution is -2.29. The molecule has 3 aromatic rings. The number of allylic oxidation sites excluding steroid dienone is 1. The Morgan fingerprint density at radius 1 is 1.29 bits per heavy atom. The molecular weight excluding hydrogens is 455 g/mol. The van der Waals surface area contributed by atoms with Gasteiger partial charge >= 0.3 is 5.97 Å². The van der Waals surface area contributed by atoms with Crippen LogP contribution in [0.25, 0.3) is 0 Å². The van der Waals surface area contributed by atoms with Crippen molar-refractivity contribution in [2.75, 3.05) is 18.5 Å². The van der Waals surface area contributed by atoms with Crippen molar-refractivity contribution in [1.29, 1.82) is 0 Å². The van der Waals surface area contributed by atoms with Gasteiger partial charge in [-0.2, -0.15) is 4.98 Å². The van der Waals surface area contributed by atoms with Gasteiger partial charge in [0.25, 0.3) is 0 Å². The van der Waals surface area contributed by atoms with Crippen molar-refractivity contribution in [2.24, 2.45) is 0 Å². The molecule has 4 rings (SSSR count). The molecule has 0 radical (unpaired) electrons. The lowest BCUT2D eigenvalue weighted by molar-refractivity contribution is -0.138. The van der Waals surface area contributed by atoms with Crippen LogP contribution in [0.1, 0.15) is 31.0 Å². The maximum Gasteiger partial charge on any atom is 0.338 e. The average molecular weight is 481 g/mol. The number of nitrogens with one attached hydrogen (secondary N) is 1. The molecule has 1 atom stereocenters. The van der Waals surface area contributed by atoms with Gasteiger partial charge in [0, 0.05) is 11.4 Å². The second-order valence-corrected chi connectivity index (χ2v) is 8.44. The zero-order valence-electron chi connectivity index (χ0n) is 19.0. The van der Waals surface area contributed by atoms with Crippen LogP contribution in [-0.4, -0.2) is 33.9 Å². The fourth-order valence-corrected chi connectivity index (χ4v) is 4.49. The Morgan fingerprint density at radius 2 is 2.12 bits per heavy atom. The highest BCUT2D eigenvalue weighted by atomic mass is 32.2. The number of aromatic nitrogens is 3. The third-order valence-electron chi connectivity index (χ3n) is 5.18.